The second kappa shape index (κ2) is 30.7. The molecule has 0 aromatic heterocycles. The van der Waals surface area contributed by atoms with Gasteiger partial charge in [0.25, 0.3) is 0 Å². The molecule has 0 rings (SSSR count). The number of carbonyl (C=O) groups is 1. The van der Waals surface area contributed by atoms with Crippen molar-refractivity contribution < 1.29 is 9.90 Å². The summed E-state index contributed by atoms with van der Waals surface area (Å²) in [5, 5.41) is 13.1. The van der Waals surface area contributed by atoms with Gasteiger partial charge in [0.05, 0.1) is 6.10 Å². The minimum absolute atomic E-state index is 0.113. The summed E-state index contributed by atoms with van der Waals surface area (Å²) in [6, 6.07) is 0. The molecule has 1 amide bonds. The maximum Gasteiger partial charge on any atom is 0.220 e. The van der Waals surface area contributed by atoms with Crippen molar-refractivity contribution in [3.63, 3.8) is 0 Å². The number of rotatable bonds is 30. The number of unbranched alkanes of at least 4 members (excludes halogenated alkanes) is 24. The van der Waals surface area contributed by atoms with Crippen LogP contribution < -0.4 is 5.32 Å². The summed E-state index contributed by atoms with van der Waals surface area (Å²) in [4.78, 5) is 12.0. The largest absolute Gasteiger partial charge is 0.391 e. The zero-order valence-electron chi connectivity index (χ0n) is 24.9. The van der Waals surface area contributed by atoms with E-state index in [-0.39, 0.29) is 12.0 Å². The van der Waals surface area contributed by atoms with Gasteiger partial charge in [-0.05, 0) is 12.8 Å². The molecule has 0 saturated heterocycles. The number of hydrogen-bond acceptors (Lipinski definition) is 2. The molecular weight excluding hydrogens is 442 g/mol. The normalized spacial score (nSPS) is 12.2. The van der Waals surface area contributed by atoms with Gasteiger partial charge in [-0.1, -0.05) is 174 Å². The van der Waals surface area contributed by atoms with E-state index in [1.807, 2.05) is 0 Å². The van der Waals surface area contributed by atoms with Gasteiger partial charge in [-0.3, -0.25) is 4.79 Å². The van der Waals surface area contributed by atoms with Gasteiger partial charge in [0, 0.05) is 13.0 Å². The molecule has 2 N–H and O–H groups in total. The van der Waals surface area contributed by atoms with Crippen molar-refractivity contribution >= 4 is 5.91 Å². The molecule has 3 heteroatoms. The van der Waals surface area contributed by atoms with Crippen molar-refractivity contribution in [2.45, 2.75) is 200 Å². The van der Waals surface area contributed by atoms with E-state index in [1.165, 1.54) is 148 Å². The summed E-state index contributed by atoms with van der Waals surface area (Å²) in [6.45, 7) is 4.98. The van der Waals surface area contributed by atoms with Gasteiger partial charge in [0.2, 0.25) is 5.91 Å². The number of aliphatic hydroxyl groups excluding tert-OH is 1. The molecule has 0 aromatic rings. The molecule has 0 aliphatic rings. The van der Waals surface area contributed by atoms with E-state index in [9.17, 15) is 9.90 Å². The molecular formula is C33H67NO2. The SMILES string of the molecule is CCCCCCCCCCCCCCCC(=O)NC[C@H](O)CCCCCCCCCCCCCCC. The Morgan fingerprint density at radius 2 is 0.806 bits per heavy atom. The molecule has 0 heterocycles. The molecule has 0 unspecified atom stereocenters. The zero-order chi connectivity index (χ0) is 26.4. The van der Waals surface area contributed by atoms with Crippen LogP contribution in [0, 0.1) is 0 Å². The average Bonchev–Trinajstić information content (AvgIpc) is 2.88. The molecule has 0 spiro atoms. The summed E-state index contributed by atoms with van der Waals surface area (Å²) >= 11 is 0. The molecule has 0 bridgehead atoms. The summed E-state index contributed by atoms with van der Waals surface area (Å²) in [5.74, 6) is 0.113. The topological polar surface area (TPSA) is 49.3 Å². The van der Waals surface area contributed by atoms with E-state index in [1.54, 1.807) is 0 Å². The van der Waals surface area contributed by atoms with Gasteiger partial charge in [-0.25, -0.2) is 0 Å². The van der Waals surface area contributed by atoms with Crippen LogP contribution in [-0.4, -0.2) is 23.7 Å². The molecule has 0 radical (unpaired) electrons. The molecule has 0 aliphatic carbocycles. The number of carbonyl (C=O) groups excluding carboxylic acids is 1. The van der Waals surface area contributed by atoms with E-state index in [4.69, 9.17) is 0 Å². The summed E-state index contributed by atoms with van der Waals surface area (Å²) < 4.78 is 0. The van der Waals surface area contributed by atoms with Gasteiger partial charge in [-0.2, -0.15) is 0 Å². The number of aliphatic hydroxyl groups is 1. The van der Waals surface area contributed by atoms with Gasteiger partial charge in [-0.15, -0.1) is 0 Å². The van der Waals surface area contributed by atoms with Crippen LogP contribution in [-0.2, 0) is 4.79 Å². The lowest BCUT2D eigenvalue weighted by molar-refractivity contribution is -0.121. The van der Waals surface area contributed by atoms with Crippen molar-refractivity contribution in [3.05, 3.63) is 0 Å². The third-order valence-corrected chi connectivity index (χ3v) is 7.68. The molecule has 0 aliphatic heterocycles. The molecule has 0 aromatic carbocycles. The quantitative estimate of drug-likeness (QED) is 0.0946. The molecule has 216 valence electrons. The fourth-order valence-corrected chi connectivity index (χ4v) is 5.12. The van der Waals surface area contributed by atoms with Gasteiger partial charge in [0.1, 0.15) is 0 Å². The zero-order valence-corrected chi connectivity index (χ0v) is 24.9. The Morgan fingerprint density at radius 1 is 0.500 bits per heavy atom. The predicted molar refractivity (Wildman–Crippen MR) is 160 cm³/mol. The van der Waals surface area contributed by atoms with E-state index < -0.39 is 0 Å². The minimum atomic E-state index is -0.381. The highest BCUT2D eigenvalue weighted by molar-refractivity contribution is 5.75. The van der Waals surface area contributed by atoms with Crippen LogP contribution in [0.3, 0.4) is 0 Å². The Hall–Kier alpha value is -0.570. The Balaban J connectivity index is 3.27. The van der Waals surface area contributed by atoms with Crippen LogP contribution in [0.1, 0.15) is 194 Å². The van der Waals surface area contributed by atoms with Crippen molar-refractivity contribution in [3.8, 4) is 0 Å². The molecule has 3 nitrogen and oxygen atoms in total. The second-order valence-corrected chi connectivity index (χ2v) is 11.5. The maximum atomic E-state index is 12.0. The first-order valence-corrected chi connectivity index (χ1v) is 16.7. The van der Waals surface area contributed by atoms with Crippen LogP contribution in [0.25, 0.3) is 0 Å². The summed E-state index contributed by atoms with van der Waals surface area (Å²) in [7, 11) is 0. The van der Waals surface area contributed by atoms with Gasteiger partial charge < -0.3 is 10.4 Å². The fraction of sp³-hybridized carbons (Fsp3) is 0.970. The average molecular weight is 510 g/mol. The highest BCUT2D eigenvalue weighted by Crippen LogP contribution is 2.14. The number of amides is 1. The van der Waals surface area contributed by atoms with Crippen LogP contribution in [0.2, 0.25) is 0 Å². The third-order valence-electron chi connectivity index (χ3n) is 7.68. The van der Waals surface area contributed by atoms with Crippen molar-refractivity contribution in [2.24, 2.45) is 0 Å². The van der Waals surface area contributed by atoms with E-state index >= 15 is 0 Å². The third kappa shape index (κ3) is 29.7. The van der Waals surface area contributed by atoms with Crippen LogP contribution in [0.5, 0.6) is 0 Å². The second-order valence-electron chi connectivity index (χ2n) is 11.5. The van der Waals surface area contributed by atoms with E-state index in [0.29, 0.717) is 13.0 Å². The molecule has 1 atom stereocenters. The lowest BCUT2D eigenvalue weighted by Crippen LogP contribution is -2.31. The Kier molecular flexibility index (Phi) is 30.2. The summed E-state index contributed by atoms with van der Waals surface area (Å²) in [6.07, 6.45) is 35.8. The standard InChI is InChI=1S/C33H67NO2/c1-3-5-7-9-11-13-15-17-19-21-23-25-27-29-32(35)31-34-33(36)30-28-26-24-22-20-18-16-14-12-10-8-6-4-2/h32,35H,3-31H2,1-2H3,(H,34,36)/t32-/m1/s1. The lowest BCUT2D eigenvalue weighted by Gasteiger charge is -2.12. The van der Waals surface area contributed by atoms with Crippen LogP contribution in [0.15, 0.2) is 0 Å². The van der Waals surface area contributed by atoms with Crippen LogP contribution in [0.4, 0.5) is 0 Å². The van der Waals surface area contributed by atoms with E-state index in [0.717, 1.165) is 25.7 Å². The first-order chi connectivity index (χ1) is 17.7. The van der Waals surface area contributed by atoms with Crippen molar-refractivity contribution in [1.29, 1.82) is 0 Å². The highest BCUT2D eigenvalue weighted by Gasteiger charge is 2.07. The van der Waals surface area contributed by atoms with Crippen LogP contribution >= 0.6 is 0 Å². The van der Waals surface area contributed by atoms with Gasteiger partial charge >= 0.3 is 0 Å². The monoisotopic (exact) mass is 510 g/mol. The number of hydrogen-bond donors (Lipinski definition) is 2. The Labute approximate surface area is 227 Å². The predicted octanol–water partition coefficient (Wildman–Crippen LogP) is 10.4. The fourth-order valence-electron chi connectivity index (χ4n) is 5.12. The first kappa shape index (κ1) is 35.4. The lowest BCUT2D eigenvalue weighted by atomic mass is 10.0. The number of nitrogens with one attached hydrogen (secondary N) is 1. The summed E-state index contributed by atoms with van der Waals surface area (Å²) in [5.41, 5.74) is 0. The molecule has 36 heavy (non-hydrogen) atoms. The van der Waals surface area contributed by atoms with Crippen molar-refractivity contribution in [2.75, 3.05) is 6.54 Å². The van der Waals surface area contributed by atoms with Gasteiger partial charge in [0.15, 0.2) is 0 Å². The Bertz CT molecular complexity index is 426. The molecule has 0 saturated carbocycles. The first-order valence-electron chi connectivity index (χ1n) is 16.7. The smallest absolute Gasteiger partial charge is 0.220 e. The minimum Gasteiger partial charge on any atom is -0.391 e. The Morgan fingerprint density at radius 3 is 1.17 bits per heavy atom. The van der Waals surface area contributed by atoms with E-state index in [2.05, 4.69) is 19.2 Å². The highest BCUT2D eigenvalue weighted by atomic mass is 16.3. The molecule has 0 fully saturated rings. The maximum absolute atomic E-state index is 12.0. The van der Waals surface area contributed by atoms with Crippen molar-refractivity contribution in [1.82, 2.24) is 5.32 Å².